The van der Waals surface area contributed by atoms with Crippen LogP contribution in [0.2, 0.25) is 0 Å². The first-order valence-electron chi connectivity index (χ1n) is 10.4. The van der Waals surface area contributed by atoms with Crippen molar-refractivity contribution in [2.24, 2.45) is 0 Å². The standard InChI is InChI=1S/C21H28N4O3S/c26-21(13-17-14-22-25(15-17)19-9-2-1-3-10-19)24-12-6-11-20(16-24)29(27,28)23-18-7-4-5-8-18/h1-3,9-10,14-15,18,20,23H,4-8,11-13,16H2/t20-/m1/s1. The molecule has 29 heavy (non-hydrogen) atoms. The second-order valence-corrected chi connectivity index (χ2v) is 10.0. The first-order valence-corrected chi connectivity index (χ1v) is 11.9. The van der Waals surface area contributed by atoms with E-state index < -0.39 is 15.3 Å². The van der Waals surface area contributed by atoms with Gasteiger partial charge in [-0.15, -0.1) is 0 Å². The lowest BCUT2D eigenvalue weighted by molar-refractivity contribution is -0.131. The zero-order chi connectivity index (χ0) is 20.3. The smallest absolute Gasteiger partial charge is 0.227 e. The summed E-state index contributed by atoms with van der Waals surface area (Å²) in [6.07, 6.45) is 9.11. The molecule has 156 valence electrons. The van der Waals surface area contributed by atoms with Crippen LogP contribution in [0.5, 0.6) is 0 Å². The summed E-state index contributed by atoms with van der Waals surface area (Å²) in [5.41, 5.74) is 1.77. The molecule has 0 spiro atoms. The fraction of sp³-hybridized carbons (Fsp3) is 0.524. The van der Waals surface area contributed by atoms with Crippen molar-refractivity contribution in [3.8, 4) is 5.69 Å². The fourth-order valence-electron chi connectivity index (χ4n) is 4.25. The van der Waals surface area contributed by atoms with Crippen LogP contribution in [-0.2, 0) is 21.2 Å². The topological polar surface area (TPSA) is 84.3 Å². The van der Waals surface area contributed by atoms with Crippen molar-refractivity contribution in [3.05, 3.63) is 48.3 Å². The van der Waals surface area contributed by atoms with Gasteiger partial charge in [-0.2, -0.15) is 5.10 Å². The number of sulfonamides is 1. The van der Waals surface area contributed by atoms with Gasteiger partial charge in [-0.25, -0.2) is 17.8 Å². The number of likely N-dealkylation sites (tertiary alicyclic amines) is 1. The molecule has 7 nitrogen and oxygen atoms in total. The number of amides is 1. The number of carbonyl (C=O) groups excluding carboxylic acids is 1. The molecule has 2 aromatic rings. The Morgan fingerprint density at radius 3 is 2.62 bits per heavy atom. The Morgan fingerprint density at radius 1 is 1.10 bits per heavy atom. The summed E-state index contributed by atoms with van der Waals surface area (Å²) in [4.78, 5) is 14.5. The normalized spacial score (nSPS) is 20.8. The Kier molecular flexibility index (Phi) is 6.01. The number of benzene rings is 1. The van der Waals surface area contributed by atoms with Crippen LogP contribution in [0.1, 0.15) is 44.1 Å². The van der Waals surface area contributed by atoms with Gasteiger partial charge in [-0.3, -0.25) is 4.79 Å². The van der Waals surface area contributed by atoms with Gasteiger partial charge < -0.3 is 4.90 Å². The van der Waals surface area contributed by atoms with Gasteiger partial charge in [0.05, 0.1) is 23.6 Å². The molecule has 1 aliphatic carbocycles. The number of hydrogen-bond donors (Lipinski definition) is 1. The van der Waals surface area contributed by atoms with Gasteiger partial charge in [0.15, 0.2) is 0 Å². The van der Waals surface area contributed by atoms with Crippen LogP contribution in [0.25, 0.3) is 5.69 Å². The maximum absolute atomic E-state index is 12.8. The third-order valence-corrected chi connectivity index (χ3v) is 7.79. The highest BCUT2D eigenvalue weighted by molar-refractivity contribution is 7.90. The van der Waals surface area contributed by atoms with Gasteiger partial charge in [0.1, 0.15) is 0 Å². The summed E-state index contributed by atoms with van der Waals surface area (Å²) < 4.78 is 30.2. The molecule has 4 rings (SSSR count). The first kappa shape index (κ1) is 20.1. The summed E-state index contributed by atoms with van der Waals surface area (Å²) in [7, 11) is -3.40. The average Bonchev–Trinajstić information content (AvgIpc) is 3.41. The second-order valence-electron chi connectivity index (χ2n) is 8.05. The van der Waals surface area contributed by atoms with Crippen LogP contribution in [0.3, 0.4) is 0 Å². The molecule has 0 radical (unpaired) electrons. The van der Waals surface area contributed by atoms with E-state index in [4.69, 9.17) is 0 Å². The first-order chi connectivity index (χ1) is 14.0. The molecule has 1 aromatic carbocycles. The van der Waals surface area contributed by atoms with Gasteiger partial charge in [0, 0.05) is 25.3 Å². The van der Waals surface area contributed by atoms with Gasteiger partial charge in [0.25, 0.3) is 0 Å². The Hall–Kier alpha value is -2.19. The average molecular weight is 417 g/mol. The molecule has 1 atom stereocenters. The molecule has 2 fully saturated rings. The minimum Gasteiger partial charge on any atom is -0.341 e. The Bertz CT molecular complexity index is 936. The highest BCUT2D eigenvalue weighted by Crippen LogP contribution is 2.22. The molecule has 2 aliphatic rings. The van der Waals surface area contributed by atoms with E-state index in [1.54, 1.807) is 15.8 Å². The molecule has 1 saturated heterocycles. The van der Waals surface area contributed by atoms with E-state index in [1.807, 2.05) is 36.5 Å². The highest BCUT2D eigenvalue weighted by Gasteiger charge is 2.34. The van der Waals surface area contributed by atoms with E-state index in [0.29, 0.717) is 19.4 Å². The molecular formula is C21H28N4O3S. The van der Waals surface area contributed by atoms with Crippen LogP contribution >= 0.6 is 0 Å². The Balaban J connectivity index is 1.37. The predicted octanol–water partition coefficient (Wildman–Crippen LogP) is 2.27. The molecule has 0 unspecified atom stereocenters. The van der Waals surface area contributed by atoms with Crippen LogP contribution in [0.4, 0.5) is 0 Å². The van der Waals surface area contributed by atoms with Crippen molar-refractivity contribution in [2.45, 2.75) is 56.2 Å². The number of rotatable bonds is 6. The zero-order valence-electron chi connectivity index (χ0n) is 16.5. The lowest BCUT2D eigenvalue weighted by atomic mass is 10.1. The number of aromatic nitrogens is 2. The minimum absolute atomic E-state index is 0.0432. The van der Waals surface area contributed by atoms with Crippen molar-refractivity contribution in [1.29, 1.82) is 0 Å². The summed E-state index contributed by atoms with van der Waals surface area (Å²) >= 11 is 0. The highest BCUT2D eigenvalue weighted by atomic mass is 32.2. The van der Waals surface area contributed by atoms with Gasteiger partial charge in [-0.05, 0) is 43.4 Å². The fourth-order valence-corrected chi connectivity index (χ4v) is 6.00. The SMILES string of the molecule is O=C(Cc1cnn(-c2ccccc2)c1)N1CCC[C@@H](S(=O)(=O)NC2CCCC2)C1. The van der Waals surface area contributed by atoms with Crippen LogP contribution in [0, 0.1) is 0 Å². The number of nitrogens with one attached hydrogen (secondary N) is 1. The van der Waals surface area contributed by atoms with Gasteiger partial charge in [-0.1, -0.05) is 31.0 Å². The number of hydrogen-bond acceptors (Lipinski definition) is 4. The maximum Gasteiger partial charge on any atom is 0.227 e. The Labute approximate surface area is 172 Å². The third-order valence-electron chi connectivity index (χ3n) is 5.87. The molecular weight excluding hydrogens is 388 g/mol. The summed E-state index contributed by atoms with van der Waals surface area (Å²) in [6.45, 7) is 0.884. The van der Waals surface area contributed by atoms with Crippen molar-refractivity contribution >= 4 is 15.9 Å². The lowest BCUT2D eigenvalue weighted by Gasteiger charge is -2.33. The molecule has 1 saturated carbocycles. The van der Waals surface area contributed by atoms with Gasteiger partial charge in [0.2, 0.25) is 15.9 Å². The number of nitrogens with zero attached hydrogens (tertiary/aromatic N) is 3. The van der Waals surface area contributed by atoms with E-state index in [9.17, 15) is 13.2 Å². The molecule has 1 amide bonds. The van der Waals surface area contributed by atoms with E-state index in [2.05, 4.69) is 9.82 Å². The predicted molar refractivity (Wildman–Crippen MR) is 111 cm³/mol. The van der Waals surface area contributed by atoms with Crippen LogP contribution < -0.4 is 4.72 Å². The van der Waals surface area contributed by atoms with E-state index in [1.165, 1.54) is 0 Å². The molecule has 0 bridgehead atoms. The van der Waals surface area contributed by atoms with Crippen LogP contribution in [-0.4, -0.2) is 53.4 Å². The number of carbonyl (C=O) groups is 1. The van der Waals surface area contributed by atoms with Crippen molar-refractivity contribution in [3.63, 3.8) is 0 Å². The second kappa shape index (κ2) is 8.67. The molecule has 2 heterocycles. The quantitative estimate of drug-likeness (QED) is 0.783. The van der Waals surface area contributed by atoms with Crippen LogP contribution in [0.15, 0.2) is 42.7 Å². The Morgan fingerprint density at radius 2 is 1.86 bits per heavy atom. The summed E-state index contributed by atoms with van der Waals surface area (Å²) in [6, 6.07) is 9.80. The van der Waals surface area contributed by atoms with Gasteiger partial charge >= 0.3 is 0 Å². The summed E-state index contributed by atoms with van der Waals surface area (Å²) in [5, 5.41) is 3.82. The number of piperidine rings is 1. The minimum atomic E-state index is -3.40. The zero-order valence-corrected chi connectivity index (χ0v) is 17.4. The van der Waals surface area contributed by atoms with Crippen molar-refractivity contribution in [2.75, 3.05) is 13.1 Å². The van der Waals surface area contributed by atoms with Crippen molar-refractivity contribution in [1.82, 2.24) is 19.4 Å². The molecule has 1 aliphatic heterocycles. The molecule has 1 aromatic heterocycles. The van der Waals surface area contributed by atoms with E-state index in [0.717, 1.165) is 36.9 Å². The molecule has 8 heteroatoms. The monoisotopic (exact) mass is 416 g/mol. The lowest BCUT2D eigenvalue weighted by Crippen LogP contribution is -2.50. The van der Waals surface area contributed by atoms with E-state index in [-0.39, 0.29) is 24.9 Å². The largest absolute Gasteiger partial charge is 0.341 e. The van der Waals surface area contributed by atoms with Crippen molar-refractivity contribution < 1.29 is 13.2 Å². The molecule has 1 N–H and O–H groups in total. The summed E-state index contributed by atoms with van der Waals surface area (Å²) in [5.74, 6) is -0.0432. The van der Waals surface area contributed by atoms with E-state index >= 15 is 0 Å². The maximum atomic E-state index is 12.8. The number of para-hydroxylation sites is 1. The third kappa shape index (κ3) is 4.87.